The van der Waals surface area contributed by atoms with E-state index >= 15 is 0 Å². The first-order valence-corrected chi connectivity index (χ1v) is 4.19. The predicted octanol–water partition coefficient (Wildman–Crippen LogP) is 1.89. The standard InChI is InChI=1S/C11H10F2O/c1-2-4-9(14)7-8-5-3-6-10(12)11(8)13/h1,3,5-6,9,14H,4,7H2. The summed E-state index contributed by atoms with van der Waals surface area (Å²) >= 11 is 0. The summed E-state index contributed by atoms with van der Waals surface area (Å²) in [6, 6.07) is 3.86. The molecule has 0 fully saturated rings. The van der Waals surface area contributed by atoms with Gasteiger partial charge in [0.05, 0.1) is 6.10 Å². The molecule has 0 saturated carbocycles. The second-order valence-electron chi connectivity index (χ2n) is 2.98. The molecule has 1 atom stereocenters. The van der Waals surface area contributed by atoms with E-state index in [4.69, 9.17) is 6.42 Å². The number of aliphatic hydroxyl groups excluding tert-OH is 1. The van der Waals surface area contributed by atoms with Crippen molar-refractivity contribution < 1.29 is 13.9 Å². The van der Waals surface area contributed by atoms with Crippen molar-refractivity contribution in [3.05, 3.63) is 35.4 Å². The third-order valence-corrected chi connectivity index (χ3v) is 1.84. The molecule has 1 nitrogen and oxygen atoms in total. The van der Waals surface area contributed by atoms with E-state index < -0.39 is 17.7 Å². The van der Waals surface area contributed by atoms with Crippen LogP contribution in [0.25, 0.3) is 0 Å². The van der Waals surface area contributed by atoms with Crippen molar-refractivity contribution in [1.82, 2.24) is 0 Å². The van der Waals surface area contributed by atoms with Gasteiger partial charge in [0.15, 0.2) is 11.6 Å². The van der Waals surface area contributed by atoms with E-state index in [9.17, 15) is 13.9 Å². The second-order valence-corrected chi connectivity index (χ2v) is 2.98. The Hall–Kier alpha value is -1.40. The highest BCUT2D eigenvalue weighted by Gasteiger charge is 2.11. The maximum atomic E-state index is 13.1. The van der Waals surface area contributed by atoms with Crippen molar-refractivity contribution in [1.29, 1.82) is 0 Å². The average Bonchev–Trinajstić information content (AvgIpc) is 2.13. The Labute approximate surface area is 81.4 Å². The van der Waals surface area contributed by atoms with Gasteiger partial charge in [0, 0.05) is 12.8 Å². The lowest BCUT2D eigenvalue weighted by atomic mass is 10.1. The minimum atomic E-state index is -0.913. The molecule has 0 spiro atoms. The Morgan fingerprint density at radius 1 is 1.43 bits per heavy atom. The molecular formula is C11H10F2O. The Morgan fingerprint density at radius 2 is 2.14 bits per heavy atom. The van der Waals surface area contributed by atoms with Crippen LogP contribution < -0.4 is 0 Å². The number of terminal acetylenes is 1. The number of halogens is 2. The zero-order valence-electron chi connectivity index (χ0n) is 7.50. The van der Waals surface area contributed by atoms with Crippen molar-refractivity contribution in [2.24, 2.45) is 0 Å². The average molecular weight is 196 g/mol. The van der Waals surface area contributed by atoms with Gasteiger partial charge < -0.3 is 5.11 Å². The monoisotopic (exact) mass is 196 g/mol. The first-order valence-electron chi connectivity index (χ1n) is 4.19. The van der Waals surface area contributed by atoms with Crippen molar-refractivity contribution in [3.63, 3.8) is 0 Å². The summed E-state index contributed by atoms with van der Waals surface area (Å²) < 4.78 is 25.8. The minimum absolute atomic E-state index is 0.0355. The van der Waals surface area contributed by atoms with E-state index in [0.717, 1.165) is 6.07 Å². The van der Waals surface area contributed by atoms with Gasteiger partial charge in [-0.15, -0.1) is 12.3 Å². The Kier molecular flexibility index (Phi) is 3.61. The highest BCUT2D eigenvalue weighted by molar-refractivity contribution is 5.19. The molecule has 3 heteroatoms. The molecular weight excluding hydrogens is 186 g/mol. The van der Waals surface area contributed by atoms with Crippen LogP contribution in [0.1, 0.15) is 12.0 Å². The molecule has 1 aromatic rings. The van der Waals surface area contributed by atoms with Crippen LogP contribution in [0.4, 0.5) is 8.78 Å². The lowest BCUT2D eigenvalue weighted by Crippen LogP contribution is -2.11. The summed E-state index contributed by atoms with van der Waals surface area (Å²) in [6.45, 7) is 0. The van der Waals surface area contributed by atoms with Crippen LogP contribution in [0.2, 0.25) is 0 Å². The van der Waals surface area contributed by atoms with Crippen LogP contribution in [-0.2, 0) is 6.42 Å². The molecule has 1 rings (SSSR count). The van der Waals surface area contributed by atoms with Gasteiger partial charge in [0.25, 0.3) is 0 Å². The van der Waals surface area contributed by atoms with Crippen LogP contribution in [0.3, 0.4) is 0 Å². The Balaban J connectivity index is 2.77. The topological polar surface area (TPSA) is 20.2 Å². The molecule has 0 aliphatic carbocycles. The number of rotatable bonds is 3. The summed E-state index contributed by atoms with van der Waals surface area (Å²) in [6.07, 6.45) is 4.32. The van der Waals surface area contributed by atoms with E-state index in [1.807, 2.05) is 0 Å². The van der Waals surface area contributed by atoms with E-state index in [2.05, 4.69) is 5.92 Å². The zero-order valence-corrected chi connectivity index (χ0v) is 7.50. The lowest BCUT2D eigenvalue weighted by molar-refractivity contribution is 0.179. The van der Waals surface area contributed by atoms with Gasteiger partial charge in [0.1, 0.15) is 0 Å². The molecule has 14 heavy (non-hydrogen) atoms. The second kappa shape index (κ2) is 4.73. The van der Waals surface area contributed by atoms with Gasteiger partial charge in [0.2, 0.25) is 0 Å². The van der Waals surface area contributed by atoms with Gasteiger partial charge in [-0.05, 0) is 11.6 Å². The van der Waals surface area contributed by atoms with E-state index in [1.165, 1.54) is 12.1 Å². The number of hydrogen-bond acceptors (Lipinski definition) is 1. The van der Waals surface area contributed by atoms with Gasteiger partial charge >= 0.3 is 0 Å². The lowest BCUT2D eigenvalue weighted by Gasteiger charge is -2.07. The zero-order chi connectivity index (χ0) is 10.6. The normalized spacial score (nSPS) is 12.1. The number of aliphatic hydroxyl groups is 1. The maximum absolute atomic E-state index is 13.1. The smallest absolute Gasteiger partial charge is 0.162 e. The highest BCUT2D eigenvalue weighted by Crippen LogP contribution is 2.13. The van der Waals surface area contributed by atoms with Gasteiger partial charge in [-0.3, -0.25) is 0 Å². The van der Waals surface area contributed by atoms with Crippen LogP contribution in [-0.4, -0.2) is 11.2 Å². The third kappa shape index (κ3) is 2.54. The summed E-state index contributed by atoms with van der Waals surface area (Å²) in [4.78, 5) is 0. The van der Waals surface area contributed by atoms with Crippen LogP contribution in [0, 0.1) is 24.0 Å². The predicted molar refractivity (Wildman–Crippen MR) is 49.5 cm³/mol. The fraction of sp³-hybridized carbons (Fsp3) is 0.273. The van der Waals surface area contributed by atoms with Crippen molar-refractivity contribution in [2.75, 3.05) is 0 Å². The molecule has 0 radical (unpaired) electrons. The van der Waals surface area contributed by atoms with E-state index in [0.29, 0.717) is 0 Å². The molecule has 0 bridgehead atoms. The number of hydrogen-bond donors (Lipinski definition) is 1. The van der Waals surface area contributed by atoms with Crippen molar-refractivity contribution >= 4 is 0 Å². The molecule has 0 heterocycles. The molecule has 1 unspecified atom stereocenters. The van der Waals surface area contributed by atoms with Crippen molar-refractivity contribution in [3.8, 4) is 12.3 Å². The summed E-state index contributed by atoms with van der Waals surface area (Å²) in [7, 11) is 0. The largest absolute Gasteiger partial charge is 0.392 e. The van der Waals surface area contributed by atoms with Gasteiger partial charge in [-0.1, -0.05) is 12.1 Å². The maximum Gasteiger partial charge on any atom is 0.162 e. The fourth-order valence-corrected chi connectivity index (χ4v) is 1.17. The third-order valence-electron chi connectivity index (χ3n) is 1.84. The summed E-state index contributed by atoms with van der Waals surface area (Å²) in [5.41, 5.74) is 0.146. The minimum Gasteiger partial charge on any atom is -0.392 e. The quantitative estimate of drug-likeness (QED) is 0.732. The summed E-state index contributed by atoms with van der Waals surface area (Å²) in [5, 5.41) is 9.29. The molecule has 0 aromatic heterocycles. The molecule has 0 aliphatic rings. The van der Waals surface area contributed by atoms with Crippen LogP contribution in [0.15, 0.2) is 18.2 Å². The SMILES string of the molecule is C#CCC(O)Cc1cccc(F)c1F. The molecule has 74 valence electrons. The van der Waals surface area contributed by atoms with E-state index in [-0.39, 0.29) is 18.4 Å². The molecule has 0 saturated heterocycles. The Bertz CT molecular complexity index is 355. The van der Waals surface area contributed by atoms with Crippen molar-refractivity contribution in [2.45, 2.75) is 18.9 Å². The van der Waals surface area contributed by atoms with Gasteiger partial charge in [-0.2, -0.15) is 0 Å². The van der Waals surface area contributed by atoms with E-state index in [1.54, 1.807) is 0 Å². The summed E-state index contributed by atoms with van der Waals surface area (Å²) in [5.74, 6) is 0.435. The molecule has 0 amide bonds. The molecule has 1 aromatic carbocycles. The number of benzene rings is 1. The van der Waals surface area contributed by atoms with Crippen LogP contribution >= 0.6 is 0 Å². The molecule has 0 aliphatic heterocycles. The fourth-order valence-electron chi connectivity index (χ4n) is 1.17. The van der Waals surface area contributed by atoms with Gasteiger partial charge in [-0.25, -0.2) is 8.78 Å². The molecule has 1 N–H and O–H groups in total. The first kappa shape index (κ1) is 10.7. The highest BCUT2D eigenvalue weighted by atomic mass is 19.2. The van der Waals surface area contributed by atoms with Crippen LogP contribution in [0.5, 0.6) is 0 Å². The Morgan fingerprint density at radius 3 is 2.79 bits per heavy atom. The first-order chi connectivity index (χ1) is 6.65.